The SMILES string of the molecule is CC(C)(C)OC(=O)N1CCC2(CC(=O)C2)C1.CC(C)(C)OC(=O)N1CCC2(CC(Cc3ccc(C(=O)O)cc3)C2)C1.Nc1ccc(C(=O)O)cc1. The molecule has 2 saturated heterocycles. The fraction of sp³-hybridized carbons (Fsp3) is 0.564. The summed E-state index contributed by atoms with van der Waals surface area (Å²) in [4.78, 5) is 59.8. The molecule has 2 heterocycles. The standard InChI is InChI=1S/C20H27NO4.C12H19NO3.C7H7NO2/c1-19(2,3)25-18(24)21-9-8-20(13-21)11-15(12-20)10-14-4-6-16(7-5-14)17(22)23;1-11(2,3)16-10(15)13-5-4-12(8-13)6-9(14)7-12;8-6-3-1-5(2-4-6)7(9)10/h4-7,15H,8-13H2,1-3H3,(H,22,23);4-8H2,1-3H3;1-4H,8H2,(H,9,10). The number of likely N-dealkylation sites (tertiary alicyclic amines) is 2. The van der Waals surface area contributed by atoms with E-state index < -0.39 is 23.1 Å². The number of aromatic carboxylic acids is 2. The number of ether oxygens (including phenoxy) is 2. The molecule has 278 valence electrons. The zero-order valence-electron chi connectivity index (χ0n) is 30.7. The number of carbonyl (C=O) groups is 5. The van der Waals surface area contributed by atoms with Crippen molar-refractivity contribution in [3.05, 3.63) is 65.2 Å². The molecule has 0 radical (unpaired) electrons. The predicted octanol–water partition coefficient (Wildman–Crippen LogP) is 6.91. The van der Waals surface area contributed by atoms with Gasteiger partial charge in [0, 0.05) is 50.1 Å². The number of benzene rings is 2. The van der Waals surface area contributed by atoms with E-state index in [1.54, 1.807) is 29.2 Å². The lowest BCUT2D eigenvalue weighted by molar-refractivity contribution is -0.132. The highest BCUT2D eigenvalue weighted by molar-refractivity contribution is 5.88. The molecule has 0 bridgehead atoms. The summed E-state index contributed by atoms with van der Waals surface area (Å²) in [5.74, 6) is -0.873. The highest BCUT2D eigenvalue weighted by Gasteiger charge is 2.50. The Labute approximate surface area is 300 Å². The van der Waals surface area contributed by atoms with Gasteiger partial charge in [0.05, 0.1) is 11.1 Å². The van der Waals surface area contributed by atoms with Crippen molar-refractivity contribution in [2.24, 2.45) is 16.7 Å². The number of nitrogens with two attached hydrogens (primary N) is 1. The summed E-state index contributed by atoms with van der Waals surface area (Å²) in [5.41, 5.74) is 7.15. The number of amides is 2. The van der Waals surface area contributed by atoms with Gasteiger partial charge in [-0.1, -0.05) is 12.1 Å². The molecule has 2 saturated carbocycles. The third-order valence-electron chi connectivity index (χ3n) is 9.65. The van der Waals surface area contributed by atoms with Crippen molar-refractivity contribution in [3.63, 3.8) is 0 Å². The number of rotatable bonds is 4. The average Bonchev–Trinajstić information content (AvgIpc) is 3.63. The predicted molar refractivity (Wildman–Crippen MR) is 192 cm³/mol. The van der Waals surface area contributed by atoms with Crippen LogP contribution in [0.2, 0.25) is 0 Å². The van der Waals surface area contributed by atoms with Gasteiger partial charge in [-0.25, -0.2) is 19.2 Å². The van der Waals surface area contributed by atoms with Crippen molar-refractivity contribution in [1.82, 2.24) is 9.80 Å². The van der Waals surface area contributed by atoms with E-state index >= 15 is 0 Å². The molecule has 4 fully saturated rings. The van der Waals surface area contributed by atoms with Gasteiger partial charge in [0.25, 0.3) is 0 Å². The highest BCUT2D eigenvalue weighted by Crippen LogP contribution is 2.53. The molecule has 6 rings (SSSR count). The van der Waals surface area contributed by atoms with Gasteiger partial charge in [0.1, 0.15) is 17.0 Å². The van der Waals surface area contributed by atoms with E-state index in [1.165, 1.54) is 17.7 Å². The van der Waals surface area contributed by atoms with E-state index in [0.717, 1.165) is 51.7 Å². The first-order chi connectivity index (χ1) is 23.7. The van der Waals surface area contributed by atoms with Crippen molar-refractivity contribution in [3.8, 4) is 0 Å². The molecule has 4 aliphatic rings. The first kappa shape index (κ1) is 39.2. The monoisotopic (exact) mass is 707 g/mol. The van der Waals surface area contributed by atoms with E-state index in [4.69, 9.17) is 25.4 Å². The largest absolute Gasteiger partial charge is 0.478 e. The highest BCUT2D eigenvalue weighted by atomic mass is 16.6. The van der Waals surface area contributed by atoms with Gasteiger partial charge in [-0.2, -0.15) is 0 Å². The van der Waals surface area contributed by atoms with Crippen LogP contribution in [0.1, 0.15) is 106 Å². The molecule has 2 aliphatic carbocycles. The van der Waals surface area contributed by atoms with E-state index in [9.17, 15) is 24.0 Å². The molecule has 2 spiro atoms. The number of anilines is 1. The van der Waals surface area contributed by atoms with E-state index in [2.05, 4.69) is 0 Å². The Morgan fingerprint density at radius 2 is 1.14 bits per heavy atom. The summed E-state index contributed by atoms with van der Waals surface area (Å²) in [6.07, 6.45) is 6.09. The minimum atomic E-state index is -0.931. The zero-order valence-corrected chi connectivity index (χ0v) is 30.7. The van der Waals surface area contributed by atoms with Crippen molar-refractivity contribution < 1.29 is 43.7 Å². The molecule has 4 N–H and O–H groups in total. The van der Waals surface area contributed by atoms with Gasteiger partial charge in [-0.15, -0.1) is 0 Å². The topological polar surface area (TPSA) is 177 Å². The molecule has 12 heteroatoms. The van der Waals surface area contributed by atoms with Crippen LogP contribution in [0.5, 0.6) is 0 Å². The van der Waals surface area contributed by atoms with Gasteiger partial charge in [0.2, 0.25) is 0 Å². The van der Waals surface area contributed by atoms with Crippen molar-refractivity contribution in [2.45, 2.75) is 97.7 Å². The average molecular weight is 708 g/mol. The summed E-state index contributed by atoms with van der Waals surface area (Å²) in [6, 6.07) is 13.2. The Morgan fingerprint density at radius 3 is 1.55 bits per heavy atom. The number of hydrogen-bond donors (Lipinski definition) is 3. The maximum absolute atomic E-state index is 12.2. The molecular weight excluding hydrogens is 654 g/mol. The van der Waals surface area contributed by atoms with Crippen LogP contribution in [-0.2, 0) is 20.7 Å². The number of Topliss-reactive ketones (excluding diaryl/α,β-unsaturated/α-hetero) is 1. The van der Waals surface area contributed by atoms with Gasteiger partial charge in [0.15, 0.2) is 0 Å². The fourth-order valence-electron chi connectivity index (χ4n) is 7.29. The lowest BCUT2D eigenvalue weighted by Gasteiger charge is -2.45. The van der Waals surface area contributed by atoms with Crippen LogP contribution < -0.4 is 5.73 Å². The smallest absolute Gasteiger partial charge is 0.410 e. The third-order valence-corrected chi connectivity index (χ3v) is 9.65. The molecule has 0 aromatic heterocycles. The summed E-state index contributed by atoms with van der Waals surface area (Å²) < 4.78 is 10.8. The third kappa shape index (κ3) is 11.2. The second-order valence-electron chi connectivity index (χ2n) is 16.6. The van der Waals surface area contributed by atoms with Crippen LogP contribution in [0.4, 0.5) is 15.3 Å². The van der Waals surface area contributed by atoms with Gasteiger partial charge in [-0.05, 0) is 127 Å². The number of ketones is 1. The molecular formula is C39H53N3O9. The van der Waals surface area contributed by atoms with Crippen molar-refractivity contribution in [1.29, 1.82) is 0 Å². The van der Waals surface area contributed by atoms with E-state index in [-0.39, 0.29) is 28.6 Å². The van der Waals surface area contributed by atoms with Crippen LogP contribution in [-0.4, -0.2) is 87.3 Å². The molecule has 2 aromatic carbocycles. The summed E-state index contributed by atoms with van der Waals surface area (Å²) in [7, 11) is 0. The van der Waals surface area contributed by atoms with Crippen LogP contribution in [0.25, 0.3) is 0 Å². The van der Waals surface area contributed by atoms with Crippen LogP contribution in [0.3, 0.4) is 0 Å². The molecule has 12 nitrogen and oxygen atoms in total. The quantitative estimate of drug-likeness (QED) is 0.283. The van der Waals surface area contributed by atoms with Gasteiger partial charge < -0.3 is 35.2 Å². The van der Waals surface area contributed by atoms with Crippen LogP contribution >= 0.6 is 0 Å². The first-order valence-electron chi connectivity index (χ1n) is 17.5. The Kier molecular flexibility index (Phi) is 11.8. The Balaban J connectivity index is 0.000000191. The number of nitrogen functional groups attached to an aromatic ring is 1. The molecule has 0 atom stereocenters. The summed E-state index contributed by atoms with van der Waals surface area (Å²) in [5, 5.41) is 17.4. The summed E-state index contributed by atoms with van der Waals surface area (Å²) >= 11 is 0. The normalized spacial score (nSPS) is 21.8. The Bertz CT molecular complexity index is 1580. The maximum atomic E-state index is 12.2. The zero-order chi connectivity index (χ0) is 37.8. The second kappa shape index (κ2) is 15.3. The first-order valence-corrected chi connectivity index (χ1v) is 17.5. The molecule has 2 aromatic rings. The van der Waals surface area contributed by atoms with E-state index in [0.29, 0.717) is 42.3 Å². The van der Waals surface area contributed by atoms with Crippen molar-refractivity contribution in [2.75, 3.05) is 31.9 Å². The van der Waals surface area contributed by atoms with Gasteiger partial charge in [-0.3, -0.25) is 4.79 Å². The number of carboxylic acid groups (broad SMARTS) is 2. The van der Waals surface area contributed by atoms with Crippen LogP contribution in [0, 0.1) is 16.7 Å². The number of nitrogens with zero attached hydrogens (tertiary/aromatic N) is 2. The summed E-state index contributed by atoms with van der Waals surface area (Å²) in [6.45, 7) is 14.3. The molecule has 2 aliphatic heterocycles. The minimum Gasteiger partial charge on any atom is -0.478 e. The van der Waals surface area contributed by atoms with Crippen molar-refractivity contribution >= 4 is 35.6 Å². The maximum Gasteiger partial charge on any atom is 0.410 e. The minimum absolute atomic E-state index is 0.0913. The number of hydrogen-bond acceptors (Lipinski definition) is 8. The lowest BCUT2D eigenvalue weighted by atomic mass is 9.60. The van der Waals surface area contributed by atoms with E-state index in [1.807, 2.05) is 58.6 Å². The number of carboxylic acids is 2. The lowest BCUT2D eigenvalue weighted by Crippen LogP contribution is -2.42. The van der Waals surface area contributed by atoms with Crippen LogP contribution in [0.15, 0.2) is 48.5 Å². The second-order valence-corrected chi connectivity index (χ2v) is 16.6. The fourth-order valence-corrected chi connectivity index (χ4v) is 7.29. The molecule has 0 unspecified atom stereocenters. The number of carbonyl (C=O) groups excluding carboxylic acids is 3. The van der Waals surface area contributed by atoms with Gasteiger partial charge >= 0.3 is 24.1 Å². The molecule has 2 amide bonds. The Morgan fingerprint density at radius 1 is 0.725 bits per heavy atom. The molecule has 51 heavy (non-hydrogen) atoms. The Hall–Kier alpha value is -4.61.